The van der Waals surface area contributed by atoms with Crippen LogP contribution >= 0.6 is 0 Å². The van der Waals surface area contributed by atoms with Gasteiger partial charge >= 0.3 is 6.03 Å². The number of rotatable bonds is 9. The molecule has 0 rings (SSSR count). The first-order valence-corrected chi connectivity index (χ1v) is 8.77. The molecule has 0 aromatic rings. The van der Waals surface area contributed by atoms with Crippen molar-refractivity contribution in [2.75, 3.05) is 14.1 Å². The van der Waals surface area contributed by atoms with Gasteiger partial charge in [0, 0.05) is 26.2 Å². The van der Waals surface area contributed by atoms with Crippen molar-refractivity contribution in [3.63, 3.8) is 0 Å². The number of carbonyl (C=O) groups excluding carboxylic acids is 4. The Bertz CT molecular complexity index is 586. The van der Waals surface area contributed by atoms with Gasteiger partial charge in [-0.1, -0.05) is 32.1 Å². The Balaban J connectivity index is 5.06. The van der Waals surface area contributed by atoms with E-state index in [0.717, 1.165) is 0 Å². The largest absolute Gasteiger partial charge is 0.356 e. The van der Waals surface area contributed by atoms with Crippen molar-refractivity contribution in [1.82, 2.24) is 26.6 Å². The molecule has 3 atom stereocenters. The Morgan fingerprint density at radius 2 is 1.44 bits per heavy atom. The zero-order valence-corrected chi connectivity index (χ0v) is 16.8. The molecular formula is C18H31N5O4. The summed E-state index contributed by atoms with van der Waals surface area (Å²) < 4.78 is 0. The molecule has 5 amide bonds. The average Bonchev–Trinajstić information content (AvgIpc) is 2.62. The molecule has 0 fully saturated rings. The lowest BCUT2D eigenvalue weighted by atomic mass is 10.0. The molecule has 0 aliphatic heterocycles. The number of allylic oxidation sites excluding steroid dienone is 1. The van der Waals surface area contributed by atoms with Gasteiger partial charge in [0.2, 0.25) is 17.7 Å². The molecule has 152 valence electrons. The topological polar surface area (TPSA) is 128 Å². The smallest absolute Gasteiger partial charge is 0.315 e. The minimum absolute atomic E-state index is 0.175. The highest BCUT2D eigenvalue weighted by atomic mass is 16.2. The molecule has 0 radical (unpaired) electrons. The normalized spacial score (nSPS) is 14.5. The van der Waals surface area contributed by atoms with E-state index in [1.165, 1.54) is 26.2 Å². The zero-order valence-electron chi connectivity index (χ0n) is 16.8. The number of urea groups is 1. The van der Waals surface area contributed by atoms with Crippen LogP contribution in [0.5, 0.6) is 0 Å². The first-order valence-electron chi connectivity index (χ1n) is 8.77. The lowest BCUT2D eigenvalue weighted by Crippen LogP contribution is -2.56. The molecule has 0 heterocycles. The predicted octanol–water partition coefficient (Wildman–Crippen LogP) is -0.192. The van der Waals surface area contributed by atoms with Crippen LogP contribution < -0.4 is 26.6 Å². The third kappa shape index (κ3) is 9.43. The molecule has 27 heavy (non-hydrogen) atoms. The molecule has 0 spiro atoms. The van der Waals surface area contributed by atoms with Crippen LogP contribution in [-0.4, -0.2) is 56.0 Å². The van der Waals surface area contributed by atoms with E-state index in [9.17, 15) is 19.2 Å². The van der Waals surface area contributed by atoms with Crippen LogP contribution in [0.3, 0.4) is 0 Å². The molecule has 0 saturated heterocycles. The molecular weight excluding hydrogens is 350 g/mol. The molecule has 0 aromatic heterocycles. The number of carbonyl (C=O) groups is 4. The first kappa shape index (κ1) is 24.2. The standard InChI is InChI=1S/C18H31N5O4/c1-7-8-13(16(25)21-12(4)9-10-14(24)19-5)22-17(26)15(11(2)3)23-18(27)20-6/h7-13,15H,1-6H3,(H,19,24)(H,21,25)(H,22,26)(H2,20,23,27). The van der Waals surface area contributed by atoms with Gasteiger partial charge in [0.25, 0.3) is 0 Å². The summed E-state index contributed by atoms with van der Waals surface area (Å²) in [4.78, 5) is 47.7. The molecule has 0 aromatic carbocycles. The number of nitrogens with one attached hydrogen (secondary N) is 5. The second-order valence-electron chi connectivity index (χ2n) is 6.23. The van der Waals surface area contributed by atoms with Gasteiger partial charge in [-0.05, 0) is 19.8 Å². The second kappa shape index (κ2) is 12.5. The Morgan fingerprint density at radius 3 is 1.93 bits per heavy atom. The van der Waals surface area contributed by atoms with E-state index < -0.39 is 36.0 Å². The molecule has 9 nitrogen and oxygen atoms in total. The van der Waals surface area contributed by atoms with Gasteiger partial charge in [-0.2, -0.15) is 0 Å². The maximum Gasteiger partial charge on any atom is 0.315 e. The zero-order chi connectivity index (χ0) is 21.0. The third-order valence-corrected chi connectivity index (χ3v) is 3.58. The molecule has 0 aliphatic rings. The maximum atomic E-state index is 12.5. The SMILES string of the molecule is CC=CC(NC(=O)C(NC(=O)NC)C(C)C)C(=O)NC(C)C=CC(=O)NC. The summed E-state index contributed by atoms with van der Waals surface area (Å²) in [5.74, 6) is -1.36. The summed E-state index contributed by atoms with van der Waals surface area (Å²) in [6.07, 6.45) is 6.04. The van der Waals surface area contributed by atoms with Gasteiger partial charge in [-0.3, -0.25) is 14.4 Å². The maximum absolute atomic E-state index is 12.5. The van der Waals surface area contributed by atoms with E-state index in [-0.39, 0.29) is 11.8 Å². The summed E-state index contributed by atoms with van der Waals surface area (Å²) in [5, 5.41) is 12.7. The van der Waals surface area contributed by atoms with Crippen molar-refractivity contribution < 1.29 is 19.2 Å². The van der Waals surface area contributed by atoms with Crippen LogP contribution in [0.4, 0.5) is 4.79 Å². The van der Waals surface area contributed by atoms with Gasteiger partial charge in [0.15, 0.2) is 0 Å². The van der Waals surface area contributed by atoms with Crippen molar-refractivity contribution >= 4 is 23.8 Å². The molecule has 3 unspecified atom stereocenters. The molecule has 0 bridgehead atoms. The monoisotopic (exact) mass is 381 g/mol. The quantitative estimate of drug-likeness (QED) is 0.280. The highest BCUT2D eigenvalue weighted by Gasteiger charge is 2.27. The Morgan fingerprint density at radius 1 is 0.815 bits per heavy atom. The van der Waals surface area contributed by atoms with Gasteiger partial charge in [0.1, 0.15) is 12.1 Å². The minimum atomic E-state index is -0.911. The Kier molecular flexibility index (Phi) is 11.2. The van der Waals surface area contributed by atoms with Gasteiger partial charge in [-0.25, -0.2) is 4.79 Å². The molecule has 9 heteroatoms. The van der Waals surface area contributed by atoms with Gasteiger partial charge in [-0.15, -0.1) is 0 Å². The highest BCUT2D eigenvalue weighted by molar-refractivity contribution is 5.93. The summed E-state index contributed by atoms with van der Waals surface area (Å²) >= 11 is 0. The fourth-order valence-corrected chi connectivity index (χ4v) is 2.06. The van der Waals surface area contributed by atoms with Crippen LogP contribution in [-0.2, 0) is 14.4 Å². The van der Waals surface area contributed by atoms with E-state index >= 15 is 0 Å². The predicted molar refractivity (Wildman–Crippen MR) is 104 cm³/mol. The summed E-state index contributed by atoms with van der Waals surface area (Å²) in [6, 6.07) is -2.60. The van der Waals surface area contributed by atoms with Crippen molar-refractivity contribution in [3.05, 3.63) is 24.3 Å². The average molecular weight is 381 g/mol. The number of amides is 5. The highest BCUT2D eigenvalue weighted by Crippen LogP contribution is 2.03. The van der Waals surface area contributed by atoms with Crippen molar-refractivity contribution in [2.45, 2.75) is 45.8 Å². The van der Waals surface area contributed by atoms with E-state index in [2.05, 4.69) is 26.6 Å². The third-order valence-electron chi connectivity index (χ3n) is 3.58. The first-order chi connectivity index (χ1) is 12.7. The number of likely N-dealkylation sites (N-methyl/N-ethyl adjacent to an activating group) is 1. The van der Waals surface area contributed by atoms with Crippen LogP contribution in [0.25, 0.3) is 0 Å². The Labute approximate surface area is 160 Å². The van der Waals surface area contributed by atoms with Crippen molar-refractivity contribution in [3.8, 4) is 0 Å². The van der Waals surface area contributed by atoms with E-state index in [1.807, 2.05) is 0 Å². The molecule has 0 aliphatic carbocycles. The lowest BCUT2D eigenvalue weighted by Gasteiger charge is -2.24. The Hall–Kier alpha value is -2.84. The van der Waals surface area contributed by atoms with Crippen LogP contribution in [0.2, 0.25) is 0 Å². The number of hydrogen-bond acceptors (Lipinski definition) is 4. The van der Waals surface area contributed by atoms with E-state index in [1.54, 1.807) is 39.8 Å². The fraction of sp³-hybridized carbons (Fsp3) is 0.556. The van der Waals surface area contributed by atoms with Crippen LogP contribution in [0, 0.1) is 5.92 Å². The minimum Gasteiger partial charge on any atom is -0.356 e. The fourth-order valence-electron chi connectivity index (χ4n) is 2.06. The van der Waals surface area contributed by atoms with Gasteiger partial charge < -0.3 is 26.6 Å². The van der Waals surface area contributed by atoms with E-state index in [4.69, 9.17) is 0 Å². The second-order valence-corrected chi connectivity index (χ2v) is 6.23. The van der Waals surface area contributed by atoms with Gasteiger partial charge in [0.05, 0.1) is 0 Å². The van der Waals surface area contributed by atoms with Crippen LogP contribution in [0.15, 0.2) is 24.3 Å². The summed E-state index contributed by atoms with van der Waals surface area (Å²) in [6.45, 7) is 7.01. The van der Waals surface area contributed by atoms with Crippen molar-refractivity contribution in [2.24, 2.45) is 5.92 Å². The van der Waals surface area contributed by atoms with Crippen LogP contribution in [0.1, 0.15) is 27.7 Å². The summed E-state index contributed by atoms with van der Waals surface area (Å²) in [7, 11) is 2.96. The molecule has 0 saturated carbocycles. The summed E-state index contributed by atoms with van der Waals surface area (Å²) in [5.41, 5.74) is 0. The molecule has 5 N–H and O–H groups in total. The number of hydrogen-bond donors (Lipinski definition) is 5. The van der Waals surface area contributed by atoms with Crippen molar-refractivity contribution in [1.29, 1.82) is 0 Å². The van der Waals surface area contributed by atoms with E-state index in [0.29, 0.717) is 0 Å². The lowest BCUT2D eigenvalue weighted by molar-refractivity contribution is -0.129.